The van der Waals surface area contributed by atoms with Crippen molar-refractivity contribution in [3.63, 3.8) is 0 Å². The molecule has 2 heteroatoms. The summed E-state index contributed by atoms with van der Waals surface area (Å²) in [7, 11) is 3.41. The second-order valence-corrected chi connectivity index (χ2v) is 5.11. The first kappa shape index (κ1) is 12.8. The molecule has 0 heterocycles. The van der Waals surface area contributed by atoms with Crippen molar-refractivity contribution in [3.05, 3.63) is 47.5 Å². The van der Waals surface area contributed by atoms with Crippen LogP contribution in [0.4, 0.5) is 0 Å². The van der Waals surface area contributed by atoms with Crippen molar-refractivity contribution in [2.45, 2.75) is 13.8 Å². The lowest BCUT2D eigenvalue weighted by Crippen LogP contribution is -1.91. The second-order valence-electron chi connectivity index (χ2n) is 5.11. The van der Waals surface area contributed by atoms with Crippen LogP contribution in [0.2, 0.25) is 0 Å². The highest BCUT2D eigenvalue weighted by Gasteiger charge is 2.10. The van der Waals surface area contributed by atoms with Gasteiger partial charge in [0.1, 0.15) is 11.5 Å². The predicted octanol–water partition coefficient (Wildman–Crippen LogP) is 4.63. The van der Waals surface area contributed by atoms with Crippen molar-refractivity contribution in [2.24, 2.45) is 0 Å². The van der Waals surface area contributed by atoms with Crippen LogP contribution in [0.15, 0.2) is 36.4 Å². The molecule has 0 atom stereocenters. The van der Waals surface area contributed by atoms with E-state index in [1.807, 2.05) is 12.1 Å². The third-order valence-corrected chi connectivity index (χ3v) is 3.95. The van der Waals surface area contributed by atoms with Gasteiger partial charge in [0.15, 0.2) is 0 Å². The van der Waals surface area contributed by atoms with Crippen molar-refractivity contribution in [1.29, 1.82) is 0 Å². The molecule has 3 aromatic carbocycles. The Hall–Kier alpha value is -2.22. The molecule has 0 saturated heterocycles. The van der Waals surface area contributed by atoms with Gasteiger partial charge in [-0.15, -0.1) is 0 Å². The maximum atomic E-state index is 5.49. The first-order chi connectivity index (χ1) is 9.65. The Morgan fingerprint density at radius 3 is 1.35 bits per heavy atom. The number of rotatable bonds is 2. The predicted molar refractivity (Wildman–Crippen MR) is 84.0 cm³/mol. The standard InChI is InChI=1S/C18H18O2/c1-11-5-6-12(2)14-10-16-15(9-13(11)14)17(19-3)7-8-18(16)20-4/h5-10H,1-4H3. The van der Waals surface area contributed by atoms with Crippen molar-refractivity contribution >= 4 is 21.5 Å². The molecule has 0 amide bonds. The highest BCUT2D eigenvalue weighted by molar-refractivity contribution is 6.05. The summed E-state index contributed by atoms with van der Waals surface area (Å²) in [5.74, 6) is 1.76. The summed E-state index contributed by atoms with van der Waals surface area (Å²) in [5.41, 5.74) is 2.55. The lowest BCUT2D eigenvalue weighted by atomic mass is 9.96. The van der Waals surface area contributed by atoms with Gasteiger partial charge in [0, 0.05) is 10.8 Å². The Kier molecular flexibility index (Phi) is 3.01. The molecule has 0 aromatic heterocycles. The Morgan fingerprint density at radius 1 is 0.600 bits per heavy atom. The van der Waals surface area contributed by atoms with Crippen LogP contribution in [0.25, 0.3) is 21.5 Å². The lowest BCUT2D eigenvalue weighted by Gasteiger charge is -2.13. The third-order valence-electron chi connectivity index (χ3n) is 3.95. The maximum absolute atomic E-state index is 5.49. The highest BCUT2D eigenvalue weighted by Crippen LogP contribution is 2.37. The van der Waals surface area contributed by atoms with Gasteiger partial charge in [-0.05, 0) is 60.0 Å². The molecule has 20 heavy (non-hydrogen) atoms. The normalized spacial score (nSPS) is 11.0. The van der Waals surface area contributed by atoms with E-state index in [9.17, 15) is 0 Å². The van der Waals surface area contributed by atoms with E-state index in [0.29, 0.717) is 0 Å². The maximum Gasteiger partial charge on any atom is 0.126 e. The molecule has 0 saturated carbocycles. The van der Waals surface area contributed by atoms with Crippen molar-refractivity contribution < 1.29 is 9.47 Å². The fourth-order valence-electron chi connectivity index (χ4n) is 2.78. The molecule has 0 spiro atoms. The van der Waals surface area contributed by atoms with E-state index in [4.69, 9.17) is 9.47 Å². The van der Waals surface area contributed by atoms with Gasteiger partial charge in [-0.1, -0.05) is 12.1 Å². The summed E-state index contributed by atoms with van der Waals surface area (Å²) in [4.78, 5) is 0. The van der Waals surface area contributed by atoms with Crippen LogP contribution in [0.5, 0.6) is 11.5 Å². The number of fused-ring (bicyclic) bond motifs is 2. The summed E-state index contributed by atoms with van der Waals surface area (Å²) >= 11 is 0. The number of methoxy groups -OCH3 is 2. The van der Waals surface area contributed by atoms with E-state index in [-0.39, 0.29) is 0 Å². The average molecular weight is 266 g/mol. The van der Waals surface area contributed by atoms with Crippen LogP contribution in [-0.4, -0.2) is 14.2 Å². The first-order valence-electron chi connectivity index (χ1n) is 6.70. The largest absolute Gasteiger partial charge is 0.496 e. The average Bonchev–Trinajstić information content (AvgIpc) is 2.48. The van der Waals surface area contributed by atoms with Crippen LogP contribution >= 0.6 is 0 Å². The van der Waals surface area contributed by atoms with Gasteiger partial charge >= 0.3 is 0 Å². The minimum absolute atomic E-state index is 0.878. The van der Waals surface area contributed by atoms with Gasteiger partial charge in [0.2, 0.25) is 0 Å². The molecule has 2 nitrogen and oxygen atoms in total. The van der Waals surface area contributed by atoms with E-state index in [1.165, 1.54) is 21.9 Å². The van der Waals surface area contributed by atoms with E-state index in [0.717, 1.165) is 22.3 Å². The summed E-state index contributed by atoms with van der Waals surface area (Å²) in [6, 6.07) is 12.6. The van der Waals surface area contributed by atoms with Gasteiger partial charge in [0.25, 0.3) is 0 Å². The second kappa shape index (κ2) is 4.71. The van der Waals surface area contributed by atoms with Crippen LogP contribution in [0.1, 0.15) is 11.1 Å². The molecular formula is C18H18O2. The van der Waals surface area contributed by atoms with Crippen LogP contribution in [0.3, 0.4) is 0 Å². The molecule has 0 unspecified atom stereocenters. The molecule has 102 valence electrons. The van der Waals surface area contributed by atoms with Crippen molar-refractivity contribution in [1.82, 2.24) is 0 Å². The minimum Gasteiger partial charge on any atom is -0.496 e. The molecule has 0 aliphatic heterocycles. The number of benzene rings is 3. The van der Waals surface area contributed by atoms with E-state index >= 15 is 0 Å². The number of hydrogen-bond acceptors (Lipinski definition) is 2. The molecule has 0 N–H and O–H groups in total. The molecule has 0 radical (unpaired) electrons. The summed E-state index contributed by atoms with van der Waals surface area (Å²) in [5, 5.41) is 4.72. The molecule has 3 aromatic rings. The van der Waals surface area contributed by atoms with E-state index < -0.39 is 0 Å². The molecule has 0 bridgehead atoms. The fraction of sp³-hybridized carbons (Fsp3) is 0.222. The zero-order valence-corrected chi connectivity index (χ0v) is 12.3. The minimum atomic E-state index is 0.878. The molecule has 0 aliphatic rings. The van der Waals surface area contributed by atoms with Gasteiger partial charge in [-0.3, -0.25) is 0 Å². The molecule has 3 rings (SSSR count). The van der Waals surface area contributed by atoms with Gasteiger partial charge in [0.05, 0.1) is 14.2 Å². The fourth-order valence-corrected chi connectivity index (χ4v) is 2.78. The zero-order valence-electron chi connectivity index (χ0n) is 12.3. The van der Waals surface area contributed by atoms with Crippen LogP contribution < -0.4 is 9.47 Å². The van der Waals surface area contributed by atoms with Crippen LogP contribution in [0, 0.1) is 13.8 Å². The monoisotopic (exact) mass is 266 g/mol. The lowest BCUT2D eigenvalue weighted by molar-refractivity contribution is 0.410. The van der Waals surface area contributed by atoms with Gasteiger partial charge in [-0.2, -0.15) is 0 Å². The molecule has 0 aliphatic carbocycles. The number of hydrogen-bond donors (Lipinski definition) is 0. The van der Waals surface area contributed by atoms with Gasteiger partial charge < -0.3 is 9.47 Å². The number of aryl methyl sites for hydroxylation is 2. The van der Waals surface area contributed by atoms with Crippen LogP contribution in [-0.2, 0) is 0 Å². The van der Waals surface area contributed by atoms with Gasteiger partial charge in [-0.25, -0.2) is 0 Å². The van der Waals surface area contributed by atoms with E-state index in [2.05, 4.69) is 38.1 Å². The molecular weight excluding hydrogens is 248 g/mol. The Morgan fingerprint density at radius 2 is 1.00 bits per heavy atom. The van der Waals surface area contributed by atoms with Crippen molar-refractivity contribution in [3.8, 4) is 11.5 Å². The van der Waals surface area contributed by atoms with E-state index in [1.54, 1.807) is 14.2 Å². The first-order valence-corrected chi connectivity index (χ1v) is 6.70. The summed E-state index contributed by atoms with van der Waals surface area (Å²) < 4.78 is 11.0. The third kappa shape index (κ3) is 1.80. The topological polar surface area (TPSA) is 18.5 Å². The smallest absolute Gasteiger partial charge is 0.126 e. The highest BCUT2D eigenvalue weighted by atomic mass is 16.5. The SMILES string of the molecule is COc1ccc(OC)c2cc3c(C)ccc(C)c3cc12. The van der Waals surface area contributed by atoms with Crippen molar-refractivity contribution in [2.75, 3.05) is 14.2 Å². The quantitative estimate of drug-likeness (QED) is 0.630. The Bertz CT molecular complexity index is 735. The molecule has 0 fully saturated rings. The Balaban J connectivity index is 2.52. The number of ether oxygens (including phenoxy) is 2. The zero-order chi connectivity index (χ0) is 14.3. The summed E-state index contributed by atoms with van der Waals surface area (Å²) in [6.45, 7) is 4.28. The Labute approximate surface area is 118 Å². The summed E-state index contributed by atoms with van der Waals surface area (Å²) in [6.07, 6.45) is 0.